The van der Waals surface area contributed by atoms with Crippen LogP contribution >= 0.6 is 0 Å². The summed E-state index contributed by atoms with van der Waals surface area (Å²) in [6.07, 6.45) is 13.0. The minimum Gasteiger partial charge on any atom is -0.303 e. The van der Waals surface area contributed by atoms with Gasteiger partial charge >= 0.3 is 0 Å². The lowest BCUT2D eigenvalue weighted by molar-refractivity contribution is -0.479. The molecule has 0 saturated carbocycles. The van der Waals surface area contributed by atoms with Crippen LogP contribution in [0.15, 0.2) is 48.0 Å². The molecule has 68 valence electrons. The second-order valence-electron chi connectivity index (χ2n) is 2.77. The second-order valence-corrected chi connectivity index (χ2v) is 2.77. The molecule has 0 fully saturated rings. The molecule has 3 heteroatoms. The summed E-state index contributed by atoms with van der Waals surface area (Å²) in [5.74, 6) is 1.51. The van der Waals surface area contributed by atoms with Gasteiger partial charge in [0.2, 0.25) is 0 Å². The molecule has 0 unspecified atom stereocenters. The van der Waals surface area contributed by atoms with Crippen molar-refractivity contribution in [1.29, 1.82) is 0 Å². The molecule has 2 aliphatic rings. The van der Waals surface area contributed by atoms with E-state index in [0.29, 0.717) is 0 Å². The molecule has 2 aliphatic carbocycles. The molecule has 2 rings (SSSR count). The van der Waals surface area contributed by atoms with Gasteiger partial charge in [0, 0.05) is 17.9 Å². The molecule has 0 aromatic carbocycles. The minimum atomic E-state index is 0.756. The lowest BCUT2D eigenvalue weighted by Crippen LogP contribution is -1.94. The first kappa shape index (κ1) is 8.13. The highest BCUT2D eigenvalue weighted by Gasteiger charge is 2.04. The SMILES string of the molecule is C1=CCC(OOOC2=CC=CC2)=C1. The standard InChI is InChI=1S/C10H10O3/c1-2-6-9(5-1)11-13-12-10-7-3-4-8-10/h1-5,7H,6,8H2. The van der Waals surface area contributed by atoms with Gasteiger partial charge in [0.1, 0.15) is 0 Å². The number of rotatable bonds is 4. The van der Waals surface area contributed by atoms with E-state index in [1.807, 2.05) is 36.5 Å². The fourth-order valence-electron chi connectivity index (χ4n) is 1.08. The highest BCUT2D eigenvalue weighted by Crippen LogP contribution is 2.15. The van der Waals surface area contributed by atoms with Gasteiger partial charge in [-0.3, -0.25) is 0 Å². The highest BCUT2D eigenvalue weighted by atomic mass is 17.5. The Morgan fingerprint density at radius 2 is 1.38 bits per heavy atom. The van der Waals surface area contributed by atoms with Crippen LogP contribution in [0, 0.1) is 0 Å². The van der Waals surface area contributed by atoms with Gasteiger partial charge in [-0.25, -0.2) is 0 Å². The predicted molar refractivity (Wildman–Crippen MR) is 46.9 cm³/mol. The van der Waals surface area contributed by atoms with Crippen molar-refractivity contribution in [3.05, 3.63) is 48.0 Å². The molecule has 0 N–H and O–H groups in total. The normalized spacial score (nSPS) is 18.8. The monoisotopic (exact) mass is 178 g/mol. The molecule has 0 aromatic rings. The molecule has 0 spiro atoms. The Kier molecular flexibility index (Phi) is 2.48. The quantitative estimate of drug-likeness (QED) is 0.489. The molecular weight excluding hydrogens is 168 g/mol. The Hall–Kier alpha value is -1.48. The van der Waals surface area contributed by atoms with Crippen LogP contribution in [0.2, 0.25) is 0 Å². The predicted octanol–water partition coefficient (Wildman–Crippen LogP) is 2.55. The summed E-state index contributed by atoms with van der Waals surface area (Å²) >= 11 is 0. The maximum Gasteiger partial charge on any atom is 0.150 e. The molecule has 0 aromatic heterocycles. The summed E-state index contributed by atoms with van der Waals surface area (Å²) in [6, 6.07) is 0. The first-order valence-corrected chi connectivity index (χ1v) is 4.18. The van der Waals surface area contributed by atoms with E-state index in [9.17, 15) is 0 Å². The molecular formula is C10H10O3. The van der Waals surface area contributed by atoms with Gasteiger partial charge in [-0.05, 0) is 12.2 Å². The second kappa shape index (κ2) is 3.96. The molecule has 0 atom stereocenters. The average molecular weight is 178 g/mol. The van der Waals surface area contributed by atoms with Crippen molar-refractivity contribution in [1.82, 2.24) is 0 Å². The summed E-state index contributed by atoms with van der Waals surface area (Å²) in [5.41, 5.74) is 0. The van der Waals surface area contributed by atoms with E-state index in [4.69, 9.17) is 9.78 Å². The smallest absolute Gasteiger partial charge is 0.150 e. The van der Waals surface area contributed by atoms with Crippen LogP contribution in [0.3, 0.4) is 0 Å². The third-order valence-electron chi connectivity index (χ3n) is 1.76. The van der Waals surface area contributed by atoms with E-state index < -0.39 is 0 Å². The van der Waals surface area contributed by atoms with Gasteiger partial charge in [0.25, 0.3) is 0 Å². The van der Waals surface area contributed by atoms with Gasteiger partial charge in [0.05, 0.1) is 0 Å². The fourth-order valence-corrected chi connectivity index (χ4v) is 1.08. The Bertz CT molecular complexity index is 267. The van der Waals surface area contributed by atoms with Gasteiger partial charge < -0.3 is 9.78 Å². The summed E-state index contributed by atoms with van der Waals surface area (Å²) < 4.78 is 0. The lowest BCUT2D eigenvalue weighted by Gasteiger charge is -2.04. The zero-order chi connectivity index (χ0) is 8.93. The van der Waals surface area contributed by atoms with Crippen LogP contribution in [0.1, 0.15) is 12.8 Å². The van der Waals surface area contributed by atoms with Crippen molar-refractivity contribution in [2.24, 2.45) is 0 Å². The van der Waals surface area contributed by atoms with E-state index in [1.54, 1.807) is 0 Å². The molecule has 13 heavy (non-hydrogen) atoms. The van der Waals surface area contributed by atoms with E-state index >= 15 is 0 Å². The van der Waals surface area contributed by atoms with Crippen LogP contribution < -0.4 is 0 Å². The summed E-state index contributed by atoms with van der Waals surface area (Å²) in [5, 5.41) is 4.58. The minimum absolute atomic E-state index is 0.756. The molecule has 0 aliphatic heterocycles. The van der Waals surface area contributed by atoms with E-state index in [2.05, 4.69) is 5.04 Å². The van der Waals surface area contributed by atoms with Gasteiger partial charge in [0.15, 0.2) is 11.5 Å². The van der Waals surface area contributed by atoms with Crippen LogP contribution in [0.25, 0.3) is 0 Å². The zero-order valence-corrected chi connectivity index (χ0v) is 7.10. The average Bonchev–Trinajstić information content (AvgIpc) is 2.75. The van der Waals surface area contributed by atoms with E-state index in [0.717, 1.165) is 24.4 Å². The summed E-state index contributed by atoms with van der Waals surface area (Å²) in [7, 11) is 0. The third kappa shape index (κ3) is 2.23. The van der Waals surface area contributed by atoms with Crippen molar-refractivity contribution in [2.45, 2.75) is 12.8 Å². The Morgan fingerprint density at radius 3 is 1.77 bits per heavy atom. The molecule has 0 heterocycles. The maximum absolute atomic E-state index is 4.87. The van der Waals surface area contributed by atoms with Crippen molar-refractivity contribution >= 4 is 0 Å². The lowest BCUT2D eigenvalue weighted by atomic mass is 10.4. The Morgan fingerprint density at radius 1 is 0.846 bits per heavy atom. The number of allylic oxidation sites excluding steroid dienone is 6. The first-order chi connectivity index (χ1) is 6.45. The zero-order valence-electron chi connectivity index (χ0n) is 7.10. The highest BCUT2D eigenvalue weighted by molar-refractivity contribution is 5.18. The van der Waals surface area contributed by atoms with E-state index in [-0.39, 0.29) is 0 Å². The Labute approximate surface area is 76.5 Å². The molecule has 0 bridgehead atoms. The van der Waals surface area contributed by atoms with E-state index in [1.165, 1.54) is 0 Å². The Balaban J connectivity index is 1.64. The van der Waals surface area contributed by atoms with Crippen molar-refractivity contribution < 1.29 is 14.8 Å². The van der Waals surface area contributed by atoms with Gasteiger partial charge in [-0.2, -0.15) is 0 Å². The van der Waals surface area contributed by atoms with Crippen LogP contribution in [0.4, 0.5) is 0 Å². The summed E-state index contributed by atoms with van der Waals surface area (Å²) in [6.45, 7) is 0. The maximum atomic E-state index is 4.87. The fraction of sp³-hybridized carbons (Fsp3) is 0.200. The topological polar surface area (TPSA) is 27.7 Å². The number of hydrogen-bond donors (Lipinski definition) is 0. The molecule has 3 nitrogen and oxygen atoms in total. The molecule has 0 radical (unpaired) electrons. The first-order valence-electron chi connectivity index (χ1n) is 4.18. The van der Waals surface area contributed by atoms with Crippen molar-refractivity contribution in [3.63, 3.8) is 0 Å². The van der Waals surface area contributed by atoms with Crippen LogP contribution in [-0.2, 0) is 14.8 Å². The van der Waals surface area contributed by atoms with Crippen LogP contribution in [-0.4, -0.2) is 0 Å². The van der Waals surface area contributed by atoms with Crippen molar-refractivity contribution in [3.8, 4) is 0 Å². The van der Waals surface area contributed by atoms with Crippen LogP contribution in [0.5, 0.6) is 0 Å². The van der Waals surface area contributed by atoms with Gasteiger partial charge in [-0.15, -0.1) is 0 Å². The largest absolute Gasteiger partial charge is 0.303 e. The van der Waals surface area contributed by atoms with Gasteiger partial charge in [-0.1, -0.05) is 24.3 Å². The molecule has 0 amide bonds. The molecule has 0 saturated heterocycles. The third-order valence-corrected chi connectivity index (χ3v) is 1.76. The summed E-state index contributed by atoms with van der Waals surface area (Å²) in [4.78, 5) is 9.75. The van der Waals surface area contributed by atoms with Crippen molar-refractivity contribution in [2.75, 3.05) is 0 Å². The number of hydrogen-bond acceptors (Lipinski definition) is 3.